The number of thioether (sulfide) groups is 1. The van der Waals surface area contributed by atoms with Crippen molar-refractivity contribution >= 4 is 23.8 Å². The molecule has 1 aliphatic rings. The Labute approximate surface area is 125 Å². The lowest BCUT2D eigenvalue weighted by molar-refractivity contribution is -0.144. The molecule has 2 N–H and O–H groups in total. The maximum Gasteiger partial charge on any atom is 0.326 e. The minimum atomic E-state index is -0.892. The van der Waals surface area contributed by atoms with Crippen LogP contribution in [0.3, 0.4) is 0 Å². The van der Waals surface area contributed by atoms with Crippen LogP contribution >= 0.6 is 11.8 Å². The van der Waals surface area contributed by atoms with Gasteiger partial charge in [-0.15, -0.1) is 0 Å². The SMILES string of the molecule is CCC1CCN(C(=O)NC(CC)CSC)C(C(=O)O)C1. The van der Waals surface area contributed by atoms with E-state index < -0.39 is 12.0 Å². The van der Waals surface area contributed by atoms with Gasteiger partial charge in [-0.3, -0.25) is 0 Å². The minimum Gasteiger partial charge on any atom is -0.480 e. The molecule has 0 aromatic carbocycles. The van der Waals surface area contributed by atoms with E-state index in [0.29, 0.717) is 18.9 Å². The molecular formula is C14H26N2O3S. The number of aliphatic carboxylic acids is 1. The molecule has 3 atom stereocenters. The maximum absolute atomic E-state index is 12.3. The van der Waals surface area contributed by atoms with Crippen LogP contribution in [0.1, 0.15) is 39.5 Å². The van der Waals surface area contributed by atoms with E-state index in [1.165, 1.54) is 4.90 Å². The van der Waals surface area contributed by atoms with E-state index in [9.17, 15) is 14.7 Å². The zero-order valence-electron chi connectivity index (χ0n) is 12.6. The van der Waals surface area contributed by atoms with E-state index in [1.807, 2.05) is 13.2 Å². The molecule has 1 rings (SSSR count). The van der Waals surface area contributed by atoms with E-state index in [1.54, 1.807) is 11.8 Å². The van der Waals surface area contributed by atoms with E-state index in [4.69, 9.17) is 0 Å². The van der Waals surface area contributed by atoms with Crippen molar-refractivity contribution in [3.8, 4) is 0 Å². The van der Waals surface area contributed by atoms with Crippen molar-refractivity contribution in [2.24, 2.45) is 5.92 Å². The largest absolute Gasteiger partial charge is 0.480 e. The molecule has 0 radical (unpaired) electrons. The fraction of sp³-hybridized carbons (Fsp3) is 0.857. The summed E-state index contributed by atoms with van der Waals surface area (Å²) in [6.45, 7) is 4.64. The molecule has 2 amide bonds. The third kappa shape index (κ3) is 4.58. The first-order chi connectivity index (χ1) is 9.53. The molecule has 0 saturated carbocycles. The summed E-state index contributed by atoms with van der Waals surface area (Å²) in [5.41, 5.74) is 0. The molecule has 3 unspecified atom stereocenters. The molecule has 1 saturated heterocycles. The van der Waals surface area contributed by atoms with Gasteiger partial charge in [0.2, 0.25) is 0 Å². The van der Waals surface area contributed by atoms with E-state index in [0.717, 1.165) is 25.0 Å². The fourth-order valence-electron chi connectivity index (χ4n) is 2.61. The predicted molar refractivity (Wildman–Crippen MR) is 82.1 cm³/mol. The third-order valence-electron chi connectivity index (χ3n) is 4.02. The normalized spacial score (nSPS) is 24.2. The zero-order valence-corrected chi connectivity index (χ0v) is 13.4. The number of piperidine rings is 1. The molecule has 1 heterocycles. The van der Waals surface area contributed by atoms with Gasteiger partial charge in [0, 0.05) is 18.3 Å². The number of nitrogens with zero attached hydrogens (tertiary/aromatic N) is 1. The van der Waals surface area contributed by atoms with Crippen LogP contribution < -0.4 is 5.32 Å². The molecule has 0 bridgehead atoms. The first kappa shape index (κ1) is 17.1. The highest BCUT2D eigenvalue weighted by atomic mass is 32.2. The summed E-state index contributed by atoms with van der Waals surface area (Å²) in [5.74, 6) is 0.371. The fourth-order valence-corrected chi connectivity index (χ4v) is 3.33. The van der Waals surface area contributed by atoms with Gasteiger partial charge in [0.15, 0.2) is 0 Å². The zero-order chi connectivity index (χ0) is 15.1. The molecule has 5 nitrogen and oxygen atoms in total. The highest BCUT2D eigenvalue weighted by Gasteiger charge is 2.35. The second-order valence-electron chi connectivity index (χ2n) is 5.36. The van der Waals surface area contributed by atoms with E-state index >= 15 is 0 Å². The van der Waals surface area contributed by atoms with Crippen LogP contribution in [-0.2, 0) is 4.79 Å². The second kappa shape index (κ2) is 8.39. The number of amides is 2. The number of nitrogens with one attached hydrogen (secondary N) is 1. The number of carboxylic acids is 1. The van der Waals surface area contributed by atoms with Gasteiger partial charge in [-0.1, -0.05) is 20.3 Å². The molecule has 116 valence electrons. The Morgan fingerprint density at radius 2 is 2.15 bits per heavy atom. The van der Waals surface area contributed by atoms with Gasteiger partial charge in [-0.05, 0) is 31.4 Å². The summed E-state index contributed by atoms with van der Waals surface area (Å²) in [5, 5.41) is 12.3. The van der Waals surface area contributed by atoms with Crippen molar-refractivity contribution in [3.05, 3.63) is 0 Å². The average molecular weight is 302 g/mol. The number of rotatable bonds is 6. The number of hydrogen-bond acceptors (Lipinski definition) is 3. The van der Waals surface area contributed by atoms with Gasteiger partial charge in [0.1, 0.15) is 6.04 Å². The number of carbonyl (C=O) groups is 2. The number of carbonyl (C=O) groups excluding carboxylic acids is 1. The summed E-state index contributed by atoms with van der Waals surface area (Å²) in [7, 11) is 0. The Morgan fingerprint density at radius 1 is 1.45 bits per heavy atom. The Kier molecular flexibility index (Phi) is 7.19. The molecule has 0 aromatic rings. The molecule has 0 aromatic heterocycles. The third-order valence-corrected chi connectivity index (χ3v) is 4.76. The summed E-state index contributed by atoms with van der Waals surface area (Å²) >= 11 is 1.68. The van der Waals surface area contributed by atoms with Crippen molar-refractivity contribution in [2.75, 3.05) is 18.6 Å². The quantitative estimate of drug-likeness (QED) is 0.790. The topological polar surface area (TPSA) is 69.6 Å². The van der Waals surface area contributed by atoms with Crippen molar-refractivity contribution in [3.63, 3.8) is 0 Å². The van der Waals surface area contributed by atoms with Gasteiger partial charge in [-0.25, -0.2) is 9.59 Å². The maximum atomic E-state index is 12.3. The van der Waals surface area contributed by atoms with Gasteiger partial charge < -0.3 is 15.3 Å². The monoisotopic (exact) mass is 302 g/mol. The highest BCUT2D eigenvalue weighted by Crippen LogP contribution is 2.25. The average Bonchev–Trinajstić information content (AvgIpc) is 2.45. The van der Waals surface area contributed by atoms with Gasteiger partial charge in [-0.2, -0.15) is 11.8 Å². The molecule has 1 fully saturated rings. The lowest BCUT2D eigenvalue weighted by atomic mass is 9.89. The van der Waals surface area contributed by atoms with E-state index in [-0.39, 0.29) is 12.1 Å². The number of hydrogen-bond donors (Lipinski definition) is 2. The van der Waals surface area contributed by atoms with Crippen LogP contribution in [0.25, 0.3) is 0 Å². The van der Waals surface area contributed by atoms with Gasteiger partial charge in [0.25, 0.3) is 0 Å². The summed E-state index contributed by atoms with van der Waals surface area (Å²) in [6, 6.07) is -0.802. The van der Waals surface area contributed by atoms with Crippen molar-refractivity contribution in [1.29, 1.82) is 0 Å². The first-order valence-corrected chi connectivity index (χ1v) is 8.71. The van der Waals surface area contributed by atoms with Crippen LogP contribution in [-0.4, -0.2) is 52.6 Å². The molecule has 20 heavy (non-hydrogen) atoms. The molecule has 0 aliphatic carbocycles. The summed E-state index contributed by atoms with van der Waals surface area (Å²) in [4.78, 5) is 25.2. The molecule has 1 aliphatic heterocycles. The van der Waals surface area contributed by atoms with Crippen LogP contribution in [0.4, 0.5) is 4.79 Å². The van der Waals surface area contributed by atoms with Gasteiger partial charge in [0.05, 0.1) is 0 Å². The van der Waals surface area contributed by atoms with Crippen LogP contribution in [0, 0.1) is 5.92 Å². The Hall–Kier alpha value is -0.910. The highest BCUT2D eigenvalue weighted by molar-refractivity contribution is 7.98. The lowest BCUT2D eigenvalue weighted by Gasteiger charge is -2.37. The van der Waals surface area contributed by atoms with Crippen molar-refractivity contribution in [2.45, 2.75) is 51.6 Å². The summed E-state index contributed by atoms with van der Waals surface area (Å²) in [6.07, 6.45) is 5.30. The van der Waals surface area contributed by atoms with Gasteiger partial charge >= 0.3 is 12.0 Å². The standard InChI is InChI=1S/C14H26N2O3S/c1-4-10-6-7-16(12(8-10)13(17)18)14(19)15-11(5-2)9-20-3/h10-12H,4-9H2,1-3H3,(H,15,19)(H,17,18). The summed E-state index contributed by atoms with van der Waals surface area (Å²) < 4.78 is 0. The Bertz CT molecular complexity index is 338. The lowest BCUT2D eigenvalue weighted by Crippen LogP contribution is -2.55. The minimum absolute atomic E-state index is 0.107. The first-order valence-electron chi connectivity index (χ1n) is 7.32. The molecular weight excluding hydrogens is 276 g/mol. The second-order valence-corrected chi connectivity index (χ2v) is 6.27. The van der Waals surface area contributed by atoms with Crippen LogP contribution in [0.15, 0.2) is 0 Å². The molecule has 6 heteroatoms. The van der Waals surface area contributed by atoms with Crippen molar-refractivity contribution in [1.82, 2.24) is 10.2 Å². The van der Waals surface area contributed by atoms with E-state index in [2.05, 4.69) is 12.2 Å². The number of likely N-dealkylation sites (tertiary alicyclic amines) is 1. The smallest absolute Gasteiger partial charge is 0.326 e. The predicted octanol–water partition coefficient (Wildman–Crippen LogP) is 2.41. The number of carboxylic acid groups (broad SMARTS) is 1. The molecule has 0 spiro atoms. The van der Waals surface area contributed by atoms with Crippen molar-refractivity contribution < 1.29 is 14.7 Å². The Morgan fingerprint density at radius 3 is 2.65 bits per heavy atom. The van der Waals surface area contributed by atoms with Crippen LogP contribution in [0.5, 0.6) is 0 Å². The Balaban J connectivity index is 2.67. The number of urea groups is 1. The van der Waals surface area contributed by atoms with Crippen LogP contribution in [0.2, 0.25) is 0 Å².